The van der Waals surface area contributed by atoms with Crippen molar-refractivity contribution in [2.75, 3.05) is 11.5 Å². The Hall–Kier alpha value is -3.33. The molecular weight excluding hydrogens is 432 g/mol. The van der Waals surface area contributed by atoms with E-state index in [1.54, 1.807) is 6.33 Å². The van der Waals surface area contributed by atoms with E-state index in [-0.39, 0.29) is 5.54 Å². The van der Waals surface area contributed by atoms with Crippen molar-refractivity contribution in [3.05, 3.63) is 73.3 Å². The van der Waals surface area contributed by atoms with E-state index in [1.165, 1.54) is 0 Å². The first-order valence-corrected chi connectivity index (χ1v) is 12.3. The number of thioether (sulfide) groups is 1. The standard InChI is InChI=1S/C24H26N8S/c1-2-3-14-31-22(17-24(12-15-33-16-13-24)32-18-25-29-30-32)27-23(28-31)21-11-7-10-20(26-21)19-8-5-4-6-9-19/h2,4-11,18H,1,3,12-17H2. The first kappa shape index (κ1) is 21.5. The van der Waals surface area contributed by atoms with Crippen LogP contribution in [0.2, 0.25) is 0 Å². The van der Waals surface area contributed by atoms with E-state index in [4.69, 9.17) is 15.1 Å². The second kappa shape index (κ2) is 9.66. The van der Waals surface area contributed by atoms with E-state index in [2.05, 4.69) is 34.2 Å². The highest BCUT2D eigenvalue weighted by atomic mass is 32.2. The van der Waals surface area contributed by atoms with Crippen LogP contribution in [0.3, 0.4) is 0 Å². The summed E-state index contributed by atoms with van der Waals surface area (Å²) in [5.41, 5.74) is 2.56. The number of allylic oxidation sites excluding steroid dienone is 1. The second-order valence-corrected chi connectivity index (χ2v) is 9.42. The van der Waals surface area contributed by atoms with Gasteiger partial charge in [0.2, 0.25) is 0 Å². The Morgan fingerprint density at radius 3 is 2.58 bits per heavy atom. The molecule has 1 aromatic carbocycles. The molecule has 0 N–H and O–H groups in total. The normalized spacial score (nSPS) is 15.4. The van der Waals surface area contributed by atoms with Gasteiger partial charge in [-0.1, -0.05) is 42.5 Å². The molecule has 0 radical (unpaired) electrons. The van der Waals surface area contributed by atoms with Crippen LogP contribution in [0, 0.1) is 0 Å². The quantitative estimate of drug-likeness (QED) is 0.368. The second-order valence-electron chi connectivity index (χ2n) is 8.19. The van der Waals surface area contributed by atoms with E-state index in [1.807, 2.05) is 63.6 Å². The van der Waals surface area contributed by atoms with Gasteiger partial charge in [0, 0.05) is 18.5 Å². The lowest BCUT2D eigenvalue weighted by atomic mass is 9.88. The molecule has 4 heterocycles. The number of rotatable bonds is 8. The van der Waals surface area contributed by atoms with Gasteiger partial charge in [0.05, 0.1) is 11.2 Å². The molecule has 1 aliphatic heterocycles. The number of aromatic nitrogens is 8. The van der Waals surface area contributed by atoms with Gasteiger partial charge in [0.25, 0.3) is 0 Å². The first-order chi connectivity index (χ1) is 16.3. The molecular formula is C24H26N8S. The Balaban J connectivity index is 1.51. The molecule has 1 aliphatic rings. The summed E-state index contributed by atoms with van der Waals surface area (Å²) in [6, 6.07) is 16.2. The summed E-state index contributed by atoms with van der Waals surface area (Å²) < 4.78 is 3.93. The van der Waals surface area contributed by atoms with Gasteiger partial charge >= 0.3 is 0 Å². The van der Waals surface area contributed by atoms with Crippen molar-refractivity contribution < 1.29 is 0 Å². The van der Waals surface area contributed by atoms with Crippen molar-refractivity contribution in [3.8, 4) is 22.8 Å². The van der Waals surface area contributed by atoms with E-state index < -0.39 is 0 Å². The summed E-state index contributed by atoms with van der Waals surface area (Å²) >= 11 is 1.98. The summed E-state index contributed by atoms with van der Waals surface area (Å²) in [6.07, 6.45) is 7.17. The molecule has 9 heteroatoms. The molecule has 0 bridgehead atoms. The highest BCUT2D eigenvalue weighted by Gasteiger charge is 2.37. The van der Waals surface area contributed by atoms with Crippen LogP contribution in [0.5, 0.6) is 0 Å². The van der Waals surface area contributed by atoms with E-state index >= 15 is 0 Å². The van der Waals surface area contributed by atoms with E-state index in [9.17, 15) is 0 Å². The number of benzene rings is 1. The van der Waals surface area contributed by atoms with Crippen LogP contribution in [0.15, 0.2) is 67.5 Å². The Kier molecular flexibility index (Phi) is 6.30. The Morgan fingerprint density at radius 1 is 1.00 bits per heavy atom. The van der Waals surface area contributed by atoms with Gasteiger partial charge in [-0.15, -0.1) is 16.8 Å². The highest BCUT2D eigenvalue weighted by molar-refractivity contribution is 7.99. The number of hydrogen-bond acceptors (Lipinski definition) is 7. The summed E-state index contributed by atoms with van der Waals surface area (Å²) in [6.45, 7) is 4.61. The maximum absolute atomic E-state index is 4.98. The fourth-order valence-corrected chi connectivity index (χ4v) is 5.50. The number of pyridine rings is 1. The van der Waals surface area contributed by atoms with Crippen LogP contribution in [0.1, 0.15) is 25.1 Å². The molecule has 168 valence electrons. The lowest BCUT2D eigenvalue weighted by Gasteiger charge is -2.36. The van der Waals surface area contributed by atoms with Crippen LogP contribution < -0.4 is 0 Å². The Bertz CT molecular complexity index is 1200. The zero-order valence-corrected chi connectivity index (χ0v) is 19.2. The van der Waals surface area contributed by atoms with Crippen LogP contribution in [0.4, 0.5) is 0 Å². The van der Waals surface area contributed by atoms with Crippen molar-refractivity contribution in [1.29, 1.82) is 0 Å². The van der Waals surface area contributed by atoms with Crippen molar-refractivity contribution in [1.82, 2.24) is 40.0 Å². The molecule has 5 rings (SSSR count). The molecule has 33 heavy (non-hydrogen) atoms. The fourth-order valence-electron chi connectivity index (χ4n) is 4.25. The molecule has 1 saturated heterocycles. The van der Waals surface area contributed by atoms with E-state index in [0.29, 0.717) is 5.82 Å². The van der Waals surface area contributed by atoms with Crippen LogP contribution >= 0.6 is 11.8 Å². The molecule has 1 fully saturated rings. The first-order valence-electron chi connectivity index (χ1n) is 11.2. The predicted octanol–water partition coefficient (Wildman–Crippen LogP) is 4.03. The summed E-state index contributed by atoms with van der Waals surface area (Å²) in [5.74, 6) is 3.73. The molecule has 0 spiro atoms. The van der Waals surface area contributed by atoms with Gasteiger partial charge in [-0.25, -0.2) is 19.3 Å². The van der Waals surface area contributed by atoms with Crippen LogP contribution in [0.25, 0.3) is 22.8 Å². The Morgan fingerprint density at radius 2 is 1.82 bits per heavy atom. The SMILES string of the molecule is C=CCCn1nc(-c2cccc(-c3ccccc3)n2)nc1CC1(n2cnnn2)CCSCC1. The summed E-state index contributed by atoms with van der Waals surface area (Å²) in [7, 11) is 0. The topological polar surface area (TPSA) is 87.2 Å². The number of hydrogen-bond donors (Lipinski definition) is 0. The number of nitrogens with zero attached hydrogens (tertiary/aromatic N) is 8. The maximum Gasteiger partial charge on any atom is 0.200 e. The third-order valence-corrected chi connectivity index (χ3v) is 7.07. The molecule has 8 nitrogen and oxygen atoms in total. The summed E-state index contributed by atoms with van der Waals surface area (Å²) in [4.78, 5) is 9.85. The molecule has 4 aromatic rings. The average Bonchev–Trinajstić information content (AvgIpc) is 3.55. The zero-order valence-electron chi connectivity index (χ0n) is 18.4. The molecule has 0 unspecified atom stereocenters. The molecule has 3 aromatic heterocycles. The average molecular weight is 459 g/mol. The van der Waals surface area contributed by atoms with Crippen molar-refractivity contribution in [3.63, 3.8) is 0 Å². The van der Waals surface area contributed by atoms with Gasteiger partial charge in [-0.2, -0.15) is 11.8 Å². The zero-order chi connectivity index (χ0) is 22.5. The van der Waals surface area contributed by atoms with Gasteiger partial charge in [0.1, 0.15) is 17.8 Å². The fraction of sp³-hybridized carbons (Fsp3) is 0.333. The Labute approximate surface area is 197 Å². The van der Waals surface area contributed by atoms with Crippen LogP contribution in [-0.2, 0) is 18.5 Å². The minimum absolute atomic E-state index is 0.190. The van der Waals surface area contributed by atoms with Gasteiger partial charge in [-0.3, -0.25) is 0 Å². The maximum atomic E-state index is 4.98. The minimum atomic E-state index is -0.190. The lowest BCUT2D eigenvalue weighted by Crippen LogP contribution is -2.41. The van der Waals surface area contributed by atoms with Gasteiger partial charge in [0.15, 0.2) is 5.82 Å². The number of tetrazole rings is 1. The third kappa shape index (κ3) is 4.59. The van der Waals surface area contributed by atoms with E-state index in [0.717, 1.165) is 66.5 Å². The highest BCUT2D eigenvalue weighted by Crippen LogP contribution is 2.36. The molecule has 0 atom stereocenters. The van der Waals surface area contributed by atoms with Gasteiger partial charge < -0.3 is 0 Å². The molecule has 0 aliphatic carbocycles. The minimum Gasteiger partial charge on any atom is -0.249 e. The third-order valence-electron chi connectivity index (χ3n) is 6.09. The monoisotopic (exact) mass is 458 g/mol. The molecule has 0 saturated carbocycles. The smallest absolute Gasteiger partial charge is 0.200 e. The van der Waals surface area contributed by atoms with Crippen molar-refractivity contribution in [2.24, 2.45) is 0 Å². The van der Waals surface area contributed by atoms with Crippen LogP contribution in [-0.4, -0.2) is 51.5 Å². The van der Waals surface area contributed by atoms with Crippen molar-refractivity contribution >= 4 is 11.8 Å². The van der Waals surface area contributed by atoms with Gasteiger partial charge in [-0.05, 0) is 53.3 Å². The van der Waals surface area contributed by atoms with Crippen molar-refractivity contribution in [2.45, 2.75) is 37.8 Å². The molecule has 0 amide bonds. The summed E-state index contributed by atoms with van der Waals surface area (Å²) in [5, 5.41) is 16.9. The lowest BCUT2D eigenvalue weighted by molar-refractivity contribution is 0.219. The largest absolute Gasteiger partial charge is 0.249 e. The predicted molar refractivity (Wildman–Crippen MR) is 130 cm³/mol. The number of aryl methyl sites for hydroxylation is 1.